The second kappa shape index (κ2) is 9.27. The van der Waals surface area contributed by atoms with Gasteiger partial charge in [-0.15, -0.1) is 0 Å². The van der Waals surface area contributed by atoms with Crippen LogP contribution < -0.4 is 0 Å². The van der Waals surface area contributed by atoms with Crippen LogP contribution in [0.3, 0.4) is 0 Å². The highest BCUT2D eigenvalue weighted by Gasteiger charge is 2.34. The van der Waals surface area contributed by atoms with Crippen LogP contribution in [0.25, 0.3) is 0 Å². The van der Waals surface area contributed by atoms with E-state index in [2.05, 4.69) is 0 Å². The smallest absolute Gasteiger partial charge is 0.189 e. The number of halogens is 1. The highest BCUT2D eigenvalue weighted by molar-refractivity contribution is 6.31. The van der Waals surface area contributed by atoms with E-state index in [1.807, 2.05) is 0 Å². The van der Waals surface area contributed by atoms with Crippen LogP contribution in [0.2, 0.25) is 5.02 Å². The van der Waals surface area contributed by atoms with Gasteiger partial charge in [0.1, 0.15) is 36.8 Å². The fourth-order valence-corrected chi connectivity index (χ4v) is 2.79. The average Bonchev–Trinajstić information content (AvgIpc) is 2.68. The SMILES string of the molecule is O=C(CO)C(O)C(O)C(O)C(O)c1ccc(Cl)c(Cc2ccc(O)cc2)c1. The van der Waals surface area contributed by atoms with E-state index in [9.17, 15) is 30.3 Å². The van der Waals surface area contributed by atoms with Crippen molar-refractivity contribution in [1.29, 1.82) is 0 Å². The number of aliphatic hydroxyl groups is 5. The lowest BCUT2D eigenvalue weighted by atomic mass is 9.93. The molecule has 0 saturated heterocycles. The summed E-state index contributed by atoms with van der Waals surface area (Å²) >= 11 is 6.18. The minimum absolute atomic E-state index is 0.127. The number of phenolic OH excluding ortho intramolecular Hbond substituents is 1. The number of rotatable bonds is 8. The zero-order valence-corrected chi connectivity index (χ0v) is 15.0. The second-order valence-corrected chi connectivity index (χ2v) is 6.60. The first kappa shape index (κ1) is 21.3. The molecule has 4 unspecified atom stereocenters. The topological polar surface area (TPSA) is 138 Å². The van der Waals surface area contributed by atoms with Crippen LogP contribution in [0.5, 0.6) is 5.75 Å². The molecule has 6 N–H and O–H groups in total. The summed E-state index contributed by atoms with van der Waals surface area (Å²) in [6, 6.07) is 11.0. The minimum atomic E-state index is -2.02. The van der Waals surface area contributed by atoms with Crippen molar-refractivity contribution < 1.29 is 35.4 Å². The van der Waals surface area contributed by atoms with Gasteiger partial charge >= 0.3 is 0 Å². The maximum Gasteiger partial charge on any atom is 0.189 e. The molecule has 0 fully saturated rings. The standard InChI is InChI=1S/C19H21ClO7/c20-14-6-3-11(8-12(14)7-10-1-4-13(22)5-2-10)16(24)18(26)19(27)17(25)15(23)9-21/h1-6,8,16-19,21-22,24-27H,7,9H2. The van der Waals surface area contributed by atoms with Crippen LogP contribution in [0, 0.1) is 0 Å². The summed E-state index contributed by atoms with van der Waals surface area (Å²) in [7, 11) is 0. The Morgan fingerprint density at radius 1 is 0.963 bits per heavy atom. The van der Waals surface area contributed by atoms with E-state index in [1.165, 1.54) is 30.3 Å². The summed E-state index contributed by atoms with van der Waals surface area (Å²) in [6.07, 6.45) is -7.07. The predicted molar refractivity (Wildman–Crippen MR) is 97.4 cm³/mol. The van der Waals surface area contributed by atoms with Gasteiger partial charge in [-0.25, -0.2) is 0 Å². The zero-order valence-electron chi connectivity index (χ0n) is 14.2. The fourth-order valence-electron chi connectivity index (χ4n) is 2.60. The van der Waals surface area contributed by atoms with Crippen molar-refractivity contribution in [3.05, 3.63) is 64.2 Å². The van der Waals surface area contributed by atoms with Crippen molar-refractivity contribution >= 4 is 17.4 Å². The lowest BCUT2D eigenvalue weighted by Gasteiger charge is -2.26. The predicted octanol–water partition coefficient (Wildman–Crippen LogP) is 0.314. The third-order valence-corrected chi connectivity index (χ3v) is 4.59. The summed E-state index contributed by atoms with van der Waals surface area (Å²) in [5.41, 5.74) is 1.71. The monoisotopic (exact) mass is 396 g/mol. The first-order chi connectivity index (χ1) is 12.7. The Morgan fingerprint density at radius 3 is 2.19 bits per heavy atom. The average molecular weight is 397 g/mol. The first-order valence-corrected chi connectivity index (χ1v) is 8.54. The van der Waals surface area contributed by atoms with Crippen molar-refractivity contribution in [3.63, 3.8) is 0 Å². The molecule has 0 bridgehead atoms. The molecule has 0 aliphatic carbocycles. The molecule has 0 amide bonds. The Hall–Kier alpha value is -2.00. The molecular weight excluding hydrogens is 376 g/mol. The van der Waals surface area contributed by atoms with E-state index < -0.39 is 36.8 Å². The molecule has 0 aliphatic rings. The van der Waals surface area contributed by atoms with Gasteiger partial charge in [0.15, 0.2) is 5.78 Å². The van der Waals surface area contributed by atoms with Gasteiger partial charge in [0.25, 0.3) is 0 Å². The van der Waals surface area contributed by atoms with Crippen LogP contribution in [0.1, 0.15) is 22.8 Å². The Labute approximate surface area is 160 Å². The molecular formula is C19H21ClO7. The van der Waals surface area contributed by atoms with E-state index in [0.29, 0.717) is 17.0 Å². The van der Waals surface area contributed by atoms with Crippen LogP contribution in [0.4, 0.5) is 0 Å². The molecule has 2 aromatic carbocycles. The Bertz CT molecular complexity index is 778. The third kappa shape index (κ3) is 5.26. The summed E-state index contributed by atoms with van der Waals surface area (Å²) in [4.78, 5) is 11.3. The molecule has 0 heterocycles. The molecule has 4 atom stereocenters. The van der Waals surface area contributed by atoms with Gasteiger partial charge in [0.2, 0.25) is 0 Å². The third-order valence-electron chi connectivity index (χ3n) is 4.22. The highest BCUT2D eigenvalue weighted by atomic mass is 35.5. The van der Waals surface area contributed by atoms with E-state index in [1.54, 1.807) is 12.1 Å². The molecule has 0 spiro atoms. The van der Waals surface area contributed by atoms with Crippen molar-refractivity contribution in [1.82, 2.24) is 0 Å². The van der Waals surface area contributed by atoms with E-state index in [0.717, 1.165) is 5.56 Å². The fraction of sp³-hybridized carbons (Fsp3) is 0.316. The molecule has 0 aromatic heterocycles. The highest BCUT2D eigenvalue weighted by Crippen LogP contribution is 2.27. The molecule has 2 aromatic rings. The van der Waals surface area contributed by atoms with Crippen molar-refractivity contribution in [3.8, 4) is 5.75 Å². The van der Waals surface area contributed by atoms with Crippen LogP contribution in [-0.4, -0.2) is 61.3 Å². The van der Waals surface area contributed by atoms with Gasteiger partial charge in [0.05, 0.1) is 0 Å². The number of ketones is 1. The van der Waals surface area contributed by atoms with E-state index >= 15 is 0 Å². The Kier molecular flexibility index (Phi) is 7.32. The molecule has 27 heavy (non-hydrogen) atoms. The molecule has 7 nitrogen and oxygen atoms in total. The molecule has 0 radical (unpaired) electrons. The lowest BCUT2D eigenvalue weighted by molar-refractivity contribution is -0.147. The first-order valence-electron chi connectivity index (χ1n) is 8.16. The molecule has 2 rings (SSSR count). The normalized spacial score (nSPS) is 15.8. The number of hydrogen-bond donors (Lipinski definition) is 6. The number of phenols is 1. The minimum Gasteiger partial charge on any atom is -0.508 e. The quantitative estimate of drug-likeness (QED) is 0.377. The largest absolute Gasteiger partial charge is 0.508 e. The number of carbonyl (C=O) groups excluding carboxylic acids is 1. The summed E-state index contributed by atoms with van der Waals surface area (Å²) in [5.74, 6) is -0.944. The maximum atomic E-state index is 11.3. The van der Waals surface area contributed by atoms with Gasteiger partial charge in [0, 0.05) is 5.02 Å². The number of carbonyl (C=O) groups is 1. The van der Waals surface area contributed by atoms with Gasteiger partial charge in [-0.1, -0.05) is 35.9 Å². The molecule has 0 saturated carbocycles. The number of aromatic hydroxyl groups is 1. The summed E-state index contributed by atoms with van der Waals surface area (Å²) in [5, 5.41) is 58.3. The molecule has 146 valence electrons. The van der Waals surface area contributed by atoms with Crippen molar-refractivity contribution in [2.45, 2.75) is 30.8 Å². The van der Waals surface area contributed by atoms with E-state index in [-0.39, 0.29) is 11.3 Å². The lowest BCUT2D eigenvalue weighted by Crippen LogP contribution is -2.45. The summed E-state index contributed by atoms with van der Waals surface area (Å²) in [6.45, 7) is -1.00. The molecule has 0 aliphatic heterocycles. The summed E-state index contributed by atoms with van der Waals surface area (Å²) < 4.78 is 0. The number of Topliss-reactive ketones (excluding diaryl/α,β-unsaturated/α-hetero) is 1. The number of benzene rings is 2. The van der Waals surface area contributed by atoms with Gasteiger partial charge in [-0.05, 0) is 41.3 Å². The van der Waals surface area contributed by atoms with Gasteiger partial charge in [-0.3, -0.25) is 4.79 Å². The number of hydrogen-bond acceptors (Lipinski definition) is 7. The van der Waals surface area contributed by atoms with Crippen molar-refractivity contribution in [2.24, 2.45) is 0 Å². The van der Waals surface area contributed by atoms with Crippen LogP contribution in [0.15, 0.2) is 42.5 Å². The number of aliphatic hydroxyl groups excluding tert-OH is 5. The second-order valence-electron chi connectivity index (χ2n) is 6.19. The van der Waals surface area contributed by atoms with Crippen molar-refractivity contribution in [2.75, 3.05) is 6.61 Å². The maximum absolute atomic E-state index is 11.3. The van der Waals surface area contributed by atoms with Gasteiger partial charge < -0.3 is 30.6 Å². The van der Waals surface area contributed by atoms with E-state index in [4.69, 9.17) is 16.7 Å². The van der Waals surface area contributed by atoms with Gasteiger partial charge in [-0.2, -0.15) is 0 Å². The van der Waals surface area contributed by atoms with Crippen LogP contribution in [-0.2, 0) is 11.2 Å². The molecule has 8 heteroatoms. The van der Waals surface area contributed by atoms with Crippen LogP contribution >= 0.6 is 11.6 Å². The Balaban J connectivity index is 2.20. The zero-order chi connectivity index (χ0) is 20.1. The Morgan fingerprint density at radius 2 is 1.59 bits per heavy atom.